The molecule has 0 aliphatic carbocycles. The summed E-state index contributed by atoms with van der Waals surface area (Å²) in [5.74, 6) is 0.208. The first-order valence-corrected chi connectivity index (χ1v) is 5.91. The van der Waals surface area contributed by atoms with E-state index in [9.17, 15) is 4.21 Å². The van der Waals surface area contributed by atoms with Gasteiger partial charge in [-0.2, -0.15) is 0 Å². The van der Waals surface area contributed by atoms with Crippen molar-refractivity contribution in [3.63, 3.8) is 0 Å². The van der Waals surface area contributed by atoms with Crippen LogP contribution in [0.5, 0.6) is 0 Å². The maximum absolute atomic E-state index is 10.6. The maximum atomic E-state index is 10.6. The lowest BCUT2D eigenvalue weighted by Gasteiger charge is -2.08. The molecule has 13 heavy (non-hydrogen) atoms. The molecule has 1 aromatic rings. The number of benzene rings is 1. The summed E-state index contributed by atoms with van der Waals surface area (Å²) < 4.78 is 20.4. The van der Waals surface area contributed by atoms with Gasteiger partial charge >= 0.3 is 0 Å². The molecule has 72 valence electrons. The van der Waals surface area contributed by atoms with E-state index in [1.165, 1.54) is 0 Å². The Morgan fingerprint density at radius 1 is 1.38 bits per heavy atom. The van der Waals surface area contributed by atoms with Crippen LogP contribution in [0.3, 0.4) is 0 Å². The standard InChI is InChI=1S/C9H11BrO2S/c1-6-7(2)9(10)4-3-8(6)5-13(11)12/h3-4H,5H2,1-2H3,(H,11,12). The van der Waals surface area contributed by atoms with E-state index in [1.807, 2.05) is 26.0 Å². The molecule has 1 aromatic carbocycles. The van der Waals surface area contributed by atoms with Crippen LogP contribution in [0.1, 0.15) is 16.7 Å². The Morgan fingerprint density at radius 2 is 2.00 bits per heavy atom. The second-order valence-corrected chi connectivity index (χ2v) is 4.71. The van der Waals surface area contributed by atoms with Gasteiger partial charge in [0.15, 0.2) is 11.1 Å². The predicted octanol–water partition coefficient (Wildman–Crippen LogP) is 2.79. The maximum Gasteiger partial charge on any atom is 0.157 e. The largest absolute Gasteiger partial charge is 0.306 e. The molecular formula is C9H11BrO2S. The summed E-state index contributed by atoms with van der Waals surface area (Å²) in [5.41, 5.74) is 3.14. The zero-order valence-corrected chi connectivity index (χ0v) is 9.91. The number of halogens is 1. The van der Waals surface area contributed by atoms with Gasteiger partial charge in [0, 0.05) is 4.47 Å². The van der Waals surface area contributed by atoms with Crippen molar-refractivity contribution in [2.75, 3.05) is 0 Å². The molecule has 1 atom stereocenters. The number of hydrogen-bond acceptors (Lipinski definition) is 1. The summed E-state index contributed by atoms with van der Waals surface area (Å²) in [6, 6.07) is 3.78. The zero-order chi connectivity index (χ0) is 10.0. The first-order chi connectivity index (χ1) is 6.02. The van der Waals surface area contributed by atoms with Gasteiger partial charge in [-0.1, -0.05) is 22.0 Å². The lowest BCUT2D eigenvalue weighted by atomic mass is 10.1. The van der Waals surface area contributed by atoms with Crippen molar-refractivity contribution in [3.8, 4) is 0 Å². The van der Waals surface area contributed by atoms with E-state index in [1.54, 1.807) is 0 Å². The monoisotopic (exact) mass is 262 g/mol. The highest BCUT2D eigenvalue weighted by molar-refractivity contribution is 9.10. The molecule has 0 heterocycles. The Labute approximate surface area is 88.8 Å². The third kappa shape index (κ3) is 2.62. The van der Waals surface area contributed by atoms with E-state index in [0.717, 1.165) is 21.2 Å². The smallest absolute Gasteiger partial charge is 0.157 e. The van der Waals surface area contributed by atoms with Crippen molar-refractivity contribution in [2.45, 2.75) is 19.6 Å². The first-order valence-electron chi connectivity index (χ1n) is 3.84. The highest BCUT2D eigenvalue weighted by Gasteiger charge is 2.06. The van der Waals surface area contributed by atoms with E-state index in [2.05, 4.69) is 15.9 Å². The minimum atomic E-state index is -1.76. The van der Waals surface area contributed by atoms with Gasteiger partial charge in [-0.05, 0) is 36.6 Å². The molecule has 1 unspecified atom stereocenters. The first kappa shape index (κ1) is 10.9. The molecule has 0 spiro atoms. The van der Waals surface area contributed by atoms with Crippen LogP contribution in [-0.2, 0) is 16.8 Å². The van der Waals surface area contributed by atoms with Gasteiger partial charge in [0.05, 0.1) is 5.75 Å². The van der Waals surface area contributed by atoms with Crippen LogP contribution in [0.25, 0.3) is 0 Å². The van der Waals surface area contributed by atoms with E-state index < -0.39 is 11.1 Å². The SMILES string of the molecule is Cc1c(Br)ccc(CS(=O)O)c1C. The molecule has 0 amide bonds. The number of rotatable bonds is 2. The second kappa shape index (κ2) is 4.35. The quantitative estimate of drug-likeness (QED) is 0.833. The van der Waals surface area contributed by atoms with E-state index in [-0.39, 0.29) is 5.75 Å². The van der Waals surface area contributed by atoms with Gasteiger partial charge in [-0.3, -0.25) is 0 Å². The Bertz CT molecular complexity index is 350. The van der Waals surface area contributed by atoms with Crippen LogP contribution in [0.15, 0.2) is 16.6 Å². The van der Waals surface area contributed by atoms with E-state index in [4.69, 9.17) is 4.55 Å². The Kier molecular flexibility index (Phi) is 3.64. The molecule has 0 radical (unpaired) electrons. The third-order valence-electron chi connectivity index (χ3n) is 2.11. The third-order valence-corrected chi connectivity index (χ3v) is 3.53. The van der Waals surface area contributed by atoms with Crippen LogP contribution in [-0.4, -0.2) is 8.76 Å². The second-order valence-electron chi connectivity index (χ2n) is 2.92. The van der Waals surface area contributed by atoms with Crippen LogP contribution >= 0.6 is 15.9 Å². The summed E-state index contributed by atoms with van der Waals surface area (Å²) in [7, 11) is 0. The van der Waals surface area contributed by atoms with Crippen LogP contribution in [0, 0.1) is 13.8 Å². The molecule has 0 aliphatic heterocycles. The minimum absolute atomic E-state index is 0.208. The van der Waals surface area contributed by atoms with Crippen molar-refractivity contribution in [3.05, 3.63) is 33.3 Å². The highest BCUT2D eigenvalue weighted by Crippen LogP contribution is 2.22. The van der Waals surface area contributed by atoms with Crippen LogP contribution in [0.4, 0.5) is 0 Å². The molecule has 0 aliphatic rings. The lowest BCUT2D eigenvalue weighted by Crippen LogP contribution is -1.97. The highest BCUT2D eigenvalue weighted by atomic mass is 79.9. The lowest BCUT2D eigenvalue weighted by molar-refractivity contribution is 0.563. The van der Waals surface area contributed by atoms with Gasteiger partial charge < -0.3 is 4.55 Å². The average molecular weight is 263 g/mol. The summed E-state index contributed by atoms with van der Waals surface area (Å²) in [4.78, 5) is 0. The molecule has 0 aromatic heterocycles. The zero-order valence-electron chi connectivity index (χ0n) is 7.50. The minimum Gasteiger partial charge on any atom is -0.306 e. The molecule has 2 nitrogen and oxygen atoms in total. The van der Waals surface area contributed by atoms with Crippen LogP contribution in [0.2, 0.25) is 0 Å². The molecule has 4 heteroatoms. The van der Waals surface area contributed by atoms with Crippen LogP contribution < -0.4 is 0 Å². The number of hydrogen-bond donors (Lipinski definition) is 1. The normalized spacial score (nSPS) is 12.9. The summed E-state index contributed by atoms with van der Waals surface area (Å²) in [6.07, 6.45) is 0. The van der Waals surface area contributed by atoms with E-state index in [0.29, 0.717) is 0 Å². The molecule has 0 fully saturated rings. The molecule has 0 bridgehead atoms. The molecule has 1 N–H and O–H groups in total. The Hall–Kier alpha value is -0.190. The van der Waals surface area contributed by atoms with Gasteiger partial charge in [-0.25, -0.2) is 4.21 Å². The van der Waals surface area contributed by atoms with Crippen molar-refractivity contribution < 1.29 is 8.76 Å². The fourth-order valence-corrected chi connectivity index (χ4v) is 2.14. The van der Waals surface area contributed by atoms with E-state index >= 15 is 0 Å². The van der Waals surface area contributed by atoms with Gasteiger partial charge in [0.2, 0.25) is 0 Å². The molecule has 1 rings (SSSR count). The topological polar surface area (TPSA) is 37.3 Å². The van der Waals surface area contributed by atoms with Crippen molar-refractivity contribution in [1.82, 2.24) is 0 Å². The van der Waals surface area contributed by atoms with Crippen molar-refractivity contribution >= 4 is 27.0 Å². The van der Waals surface area contributed by atoms with Gasteiger partial charge in [0.1, 0.15) is 0 Å². The average Bonchev–Trinajstić information content (AvgIpc) is 2.06. The fourth-order valence-electron chi connectivity index (χ4n) is 1.13. The Morgan fingerprint density at radius 3 is 2.54 bits per heavy atom. The van der Waals surface area contributed by atoms with Crippen molar-refractivity contribution in [2.24, 2.45) is 0 Å². The van der Waals surface area contributed by atoms with Gasteiger partial charge in [-0.15, -0.1) is 0 Å². The predicted molar refractivity (Wildman–Crippen MR) is 58.1 cm³/mol. The van der Waals surface area contributed by atoms with Gasteiger partial charge in [0.25, 0.3) is 0 Å². The summed E-state index contributed by atoms with van der Waals surface area (Å²) in [6.45, 7) is 3.95. The Balaban J connectivity index is 3.10. The van der Waals surface area contributed by atoms with Crippen molar-refractivity contribution in [1.29, 1.82) is 0 Å². The molecule has 0 saturated carbocycles. The molecular weight excluding hydrogens is 252 g/mol. The summed E-state index contributed by atoms with van der Waals surface area (Å²) in [5, 5.41) is 0. The fraction of sp³-hybridized carbons (Fsp3) is 0.333. The molecule has 0 saturated heterocycles. The summed E-state index contributed by atoms with van der Waals surface area (Å²) >= 11 is 1.65.